The number of amides is 1. The fraction of sp³-hybridized carbons (Fsp3) is 0. The van der Waals surface area contributed by atoms with Gasteiger partial charge in [-0.3, -0.25) is 4.79 Å². The molecule has 0 aliphatic rings. The van der Waals surface area contributed by atoms with Crippen molar-refractivity contribution in [1.29, 1.82) is 0 Å². The normalized spacial score (nSPS) is 11.1. The molecular weight excluding hydrogens is 430 g/mol. The lowest BCUT2D eigenvalue weighted by Gasteiger charge is -2.09. The molecule has 3 aromatic carbocycles. The van der Waals surface area contributed by atoms with Gasteiger partial charge >= 0.3 is 0 Å². The maximum absolute atomic E-state index is 12.9. The number of para-hydroxylation sites is 1. The Bertz CT molecular complexity index is 1220. The molecule has 0 bridgehead atoms. The summed E-state index contributed by atoms with van der Waals surface area (Å²) in [6.45, 7) is 0. The minimum atomic E-state index is -0.324. The van der Waals surface area contributed by atoms with Gasteiger partial charge in [0, 0.05) is 10.9 Å². The molecule has 1 amide bonds. The van der Waals surface area contributed by atoms with E-state index >= 15 is 0 Å². The zero-order valence-corrected chi connectivity index (χ0v) is 16.8. The molecule has 142 valence electrons. The number of nitrogens with zero attached hydrogens (tertiary/aromatic N) is 2. The first-order chi connectivity index (χ1) is 14.1. The van der Waals surface area contributed by atoms with E-state index in [4.69, 9.17) is 0 Å². The summed E-state index contributed by atoms with van der Waals surface area (Å²) in [6.07, 6.45) is 1.52. The van der Waals surface area contributed by atoms with Crippen LogP contribution in [0.5, 0.6) is 5.75 Å². The summed E-state index contributed by atoms with van der Waals surface area (Å²) in [5.41, 5.74) is 6.21. The summed E-state index contributed by atoms with van der Waals surface area (Å²) in [7, 11) is 0. The summed E-state index contributed by atoms with van der Waals surface area (Å²) < 4.78 is 0.556. The Labute approximate surface area is 175 Å². The number of benzene rings is 3. The predicted molar refractivity (Wildman–Crippen MR) is 118 cm³/mol. The van der Waals surface area contributed by atoms with Crippen molar-refractivity contribution in [1.82, 2.24) is 10.4 Å². The molecule has 0 spiro atoms. The van der Waals surface area contributed by atoms with E-state index in [1.54, 1.807) is 24.3 Å². The summed E-state index contributed by atoms with van der Waals surface area (Å²) in [4.78, 5) is 17.5. The van der Waals surface area contributed by atoms with Crippen molar-refractivity contribution in [2.45, 2.75) is 0 Å². The lowest BCUT2D eigenvalue weighted by atomic mass is 10.0. The highest BCUT2D eigenvalue weighted by Crippen LogP contribution is 2.25. The van der Waals surface area contributed by atoms with Crippen LogP contribution in [0.1, 0.15) is 15.9 Å². The molecule has 0 saturated carbocycles. The zero-order chi connectivity index (χ0) is 20.2. The molecule has 6 heteroatoms. The summed E-state index contributed by atoms with van der Waals surface area (Å²) in [5, 5.41) is 14.4. The smallest absolute Gasteiger partial charge is 0.272 e. The number of carbonyl (C=O) groups excluding carboxylic acids is 1. The van der Waals surface area contributed by atoms with Crippen molar-refractivity contribution >= 4 is 39.0 Å². The van der Waals surface area contributed by atoms with Gasteiger partial charge in [0.15, 0.2) is 0 Å². The van der Waals surface area contributed by atoms with Crippen LogP contribution < -0.4 is 5.43 Å². The first-order valence-corrected chi connectivity index (χ1v) is 9.68. The lowest BCUT2D eigenvalue weighted by molar-refractivity contribution is 0.0956. The molecule has 4 rings (SSSR count). The maximum atomic E-state index is 12.9. The number of aromatic nitrogens is 1. The summed E-state index contributed by atoms with van der Waals surface area (Å²) in [5.74, 6) is -0.183. The number of aromatic hydroxyl groups is 1. The van der Waals surface area contributed by atoms with Crippen molar-refractivity contribution in [2.24, 2.45) is 5.10 Å². The fourth-order valence-corrected chi connectivity index (χ4v) is 3.35. The van der Waals surface area contributed by atoms with Crippen LogP contribution in [0.25, 0.3) is 22.2 Å². The predicted octanol–water partition coefficient (Wildman–Crippen LogP) is 5.13. The number of nitrogens with one attached hydrogen (secondary N) is 1. The van der Waals surface area contributed by atoms with Crippen LogP contribution in [-0.4, -0.2) is 22.2 Å². The third-order valence-corrected chi connectivity index (χ3v) is 5.02. The molecule has 0 radical (unpaired) electrons. The number of rotatable bonds is 4. The Morgan fingerprint density at radius 2 is 1.76 bits per heavy atom. The van der Waals surface area contributed by atoms with Crippen molar-refractivity contribution in [3.8, 4) is 17.0 Å². The molecule has 29 heavy (non-hydrogen) atoms. The highest BCUT2D eigenvalue weighted by atomic mass is 79.9. The number of hydrazone groups is 1. The average Bonchev–Trinajstić information content (AvgIpc) is 2.76. The third-order valence-electron chi connectivity index (χ3n) is 4.38. The van der Waals surface area contributed by atoms with Gasteiger partial charge < -0.3 is 5.11 Å². The minimum absolute atomic E-state index is 0.142. The second-order valence-electron chi connectivity index (χ2n) is 6.35. The third kappa shape index (κ3) is 4.17. The maximum Gasteiger partial charge on any atom is 0.272 e. The molecule has 0 saturated heterocycles. The molecule has 0 aliphatic heterocycles. The Balaban J connectivity index is 1.66. The van der Waals surface area contributed by atoms with Gasteiger partial charge in [0.05, 0.1) is 27.5 Å². The number of fused-ring (bicyclic) bond motifs is 1. The topological polar surface area (TPSA) is 74.6 Å². The SMILES string of the molecule is O=C(NN=Cc1ccc(O)c(Br)c1)c1cc(-c2ccccc2)nc2ccccc12. The Morgan fingerprint density at radius 3 is 2.55 bits per heavy atom. The first kappa shape index (κ1) is 18.8. The quantitative estimate of drug-likeness (QED) is 0.337. The van der Waals surface area contributed by atoms with E-state index in [1.165, 1.54) is 6.21 Å². The van der Waals surface area contributed by atoms with E-state index in [-0.39, 0.29) is 11.7 Å². The van der Waals surface area contributed by atoms with Gasteiger partial charge in [0.1, 0.15) is 5.75 Å². The standard InChI is InChI=1S/C23H16BrN3O2/c24-19-12-15(10-11-22(19)28)14-25-27-23(29)18-13-21(16-6-2-1-3-7-16)26-20-9-5-4-8-17(18)20/h1-14,28H,(H,27,29). The van der Waals surface area contributed by atoms with Crippen molar-refractivity contribution in [2.75, 3.05) is 0 Å². The van der Waals surface area contributed by atoms with Crippen LogP contribution in [0.2, 0.25) is 0 Å². The molecule has 0 fully saturated rings. The number of hydrogen-bond donors (Lipinski definition) is 2. The van der Waals surface area contributed by atoms with Gasteiger partial charge in [-0.05, 0) is 51.8 Å². The average molecular weight is 446 g/mol. The fourth-order valence-electron chi connectivity index (χ4n) is 2.95. The number of carbonyl (C=O) groups is 1. The number of pyridine rings is 1. The highest BCUT2D eigenvalue weighted by molar-refractivity contribution is 9.10. The van der Waals surface area contributed by atoms with Crippen LogP contribution in [0.3, 0.4) is 0 Å². The lowest BCUT2D eigenvalue weighted by Crippen LogP contribution is -2.18. The van der Waals surface area contributed by atoms with Crippen LogP contribution >= 0.6 is 15.9 Å². The van der Waals surface area contributed by atoms with E-state index in [0.717, 1.165) is 27.7 Å². The van der Waals surface area contributed by atoms with Crippen LogP contribution in [0.4, 0.5) is 0 Å². The number of halogens is 1. The Morgan fingerprint density at radius 1 is 1.00 bits per heavy atom. The molecule has 1 heterocycles. The van der Waals surface area contributed by atoms with Crippen molar-refractivity contribution in [3.05, 3.63) is 94.5 Å². The van der Waals surface area contributed by atoms with Crippen LogP contribution in [-0.2, 0) is 0 Å². The van der Waals surface area contributed by atoms with Gasteiger partial charge in [-0.2, -0.15) is 5.10 Å². The zero-order valence-electron chi connectivity index (χ0n) is 15.2. The van der Waals surface area contributed by atoms with Gasteiger partial charge in [-0.25, -0.2) is 10.4 Å². The molecule has 2 N–H and O–H groups in total. The summed E-state index contributed by atoms with van der Waals surface area (Å²) in [6, 6.07) is 24.0. The molecule has 0 aliphatic carbocycles. The Kier molecular flexibility index (Phi) is 5.35. The minimum Gasteiger partial charge on any atom is -0.507 e. The molecule has 4 aromatic rings. The van der Waals surface area contributed by atoms with Crippen molar-refractivity contribution in [3.63, 3.8) is 0 Å². The van der Waals surface area contributed by atoms with Crippen LogP contribution in [0.15, 0.2) is 88.4 Å². The molecule has 0 unspecified atom stereocenters. The molecular formula is C23H16BrN3O2. The highest BCUT2D eigenvalue weighted by Gasteiger charge is 2.13. The second kappa shape index (κ2) is 8.24. The number of phenolic OH excluding ortho intramolecular Hbond substituents is 1. The Hall–Kier alpha value is -3.51. The molecule has 0 atom stereocenters. The first-order valence-electron chi connectivity index (χ1n) is 8.89. The largest absolute Gasteiger partial charge is 0.507 e. The monoisotopic (exact) mass is 445 g/mol. The summed E-state index contributed by atoms with van der Waals surface area (Å²) >= 11 is 3.25. The second-order valence-corrected chi connectivity index (χ2v) is 7.20. The van der Waals surface area contributed by atoms with E-state index in [1.807, 2.05) is 54.6 Å². The van der Waals surface area contributed by atoms with Gasteiger partial charge in [0.25, 0.3) is 5.91 Å². The van der Waals surface area contributed by atoms with Gasteiger partial charge in [0.2, 0.25) is 0 Å². The molecule has 5 nitrogen and oxygen atoms in total. The van der Waals surface area contributed by atoms with Crippen molar-refractivity contribution < 1.29 is 9.90 Å². The van der Waals surface area contributed by atoms with E-state index < -0.39 is 0 Å². The molecule has 1 aromatic heterocycles. The van der Waals surface area contributed by atoms with E-state index in [0.29, 0.717) is 10.0 Å². The van der Waals surface area contributed by atoms with E-state index in [2.05, 4.69) is 31.4 Å². The van der Waals surface area contributed by atoms with Gasteiger partial charge in [-0.15, -0.1) is 0 Å². The van der Waals surface area contributed by atoms with Crippen LogP contribution in [0, 0.1) is 0 Å². The van der Waals surface area contributed by atoms with E-state index in [9.17, 15) is 9.90 Å². The number of hydrogen-bond acceptors (Lipinski definition) is 4. The van der Waals surface area contributed by atoms with Gasteiger partial charge in [-0.1, -0.05) is 48.5 Å². The number of phenols is 1.